The van der Waals surface area contributed by atoms with Gasteiger partial charge in [0.05, 0.1) is 12.5 Å². The number of β-amino-alcohol motifs (C(OH)–C–C–N with tert-alkyl or cyclic N) is 1. The van der Waals surface area contributed by atoms with Gasteiger partial charge in [0.2, 0.25) is 5.91 Å². The van der Waals surface area contributed by atoms with Crippen LogP contribution in [0.5, 0.6) is 0 Å². The van der Waals surface area contributed by atoms with Crippen LogP contribution in [-0.4, -0.2) is 40.5 Å². The Kier molecular flexibility index (Phi) is 3.45. The molecular weight excluding hydrogens is 268 g/mol. The summed E-state index contributed by atoms with van der Waals surface area (Å²) in [5, 5.41) is 10.1. The summed E-state index contributed by atoms with van der Waals surface area (Å²) in [5.41, 5.74) is 5.97. The molecule has 0 bridgehead atoms. The Labute approximate surface area is 123 Å². The molecule has 3 N–H and O–H groups in total. The van der Waals surface area contributed by atoms with E-state index < -0.39 is 11.5 Å². The smallest absolute Gasteiger partial charge is 0.251 e. The maximum atomic E-state index is 12.7. The number of rotatable bonds is 2. The normalized spacial score (nSPS) is 28.2. The van der Waals surface area contributed by atoms with E-state index in [0.29, 0.717) is 6.54 Å². The molecular formula is C16H20N2O3. The summed E-state index contributed by atoms with van der Waals surface area (Å²) in [6.07, 6.45) is 3.04. The number of aryl methyl sites for hydroxylation is 1. The highest BCUT2D eigenvalue weighted by Crippen LogP contribution is 2.34. The van der Waals surface area contributed by atoms with Crippen LogP contribution in [0.4, 0.5) is 0 Å². The summed E-state index contributed by atoms with van der Waals surface area (Å²) in [6, 6.07) is 8.02. The zero-order valence-corrected chi connectivity index (χ0v) is 11.9. The van der Waals surface area contributed by atoms with E-state index in [1.54, 1.807) is 4.90 Å². The van der Waals surface area contributed by atoms with Crippen molar-refractivity contribution >= 4 is 11.8 Å². The highest BCUT2D eigenvalue weighted by molar-refractivity contribution is 5.88. The molecule has 2 atom stereocenters. The molecule has 2 amide bonds. The van der Waals surface area contributed by atoms with Crippen molar-refractivity contribution in [2.45, 2.75) is 37.2 Å². The van der Waals surface area contributed by atoms with Crippen LogP contribution < -0.4 is 5.73 Å². The van der Waals surface area contributed by atoms with E-state index in [4.69, 9.17) is 5.73 Å². The second kappa shape index (κ2) is 5.15. The van der Waals surface area contributed by atoms with Gasteiger partial charge in [0.25, 0.3) is 5.91 Å². The number of aliphatic hydroxyl groups is 1. The van der Waals surface area contributed by atoms with Crippen LogP contribution in [0.25, 0.3) is 0 Å². The zero-order chi connectivity index (χ0) is 15.0. The van der Waals surface area contributed by atoms with Crippen molar-refractivity contribution in [2.75, 3.05) is 13.1 Å². The molecule has 5 heteroatoms. The van der Waals surface area contributed by atoms with Gasteiger partial charge in [-0.25, -0.2) is 0 Å². The maximum absolute atomic E-state index is 12.7. The molecule has 1 fully saturated rings. The lowest BCUT2D eigenvalue weighted by atomic mass is 9.82. The highest BCUT2D eigenvalue weighted by Gasteiger charge is 2.44. The lowest BCUT2D eigenvalue weighted by Crippen LogP contribution is -2.47. The number of nitrogens with zero attached hydrogens (tertiary/aromatic N) is 1. The lowest BCUT2D eigenvalue weighted by molar-refractivity contribution is -0.138. The molecule has 2 aliphatic rings. The molecule has 0 unspecified atom stereocenters. The number of amides is 2. The van der Waals surface area contributed by atoms with Crippen molar-refractivity contribution in [3.63, 3.8) is 0 Å². The van der Waals surface area contributed by atoms with Gasteiger partial charge in [-0.1, -0.05) is 24.3 Å². The first kappa shape index (κ1) is 14.1. The Bertz CT molecular complexity index is 587. The predicted octanol–water partition coefficient (Wildman–Crippen LogP) is 0.555. The van der Waals surface area contributed by atoms with E-state index in [2.05, 4.69) is 6.07 Å². The molecule has 0 aromatic heterocycles. The van der Waals surface area contributed by atoms with E-state index in [9.17, 15) is 14.7 Å². The van der Waals surface area contributed by atoms with Gasteiger partial charge in [0, 0.05) is 13.0 Å². The van der Waals surface area contributed by atoms with Gasteiger partial charge in [-0.05, 0) is 30.4 Å². The summed E-state index contributed by atoms with van der Waals surface area (Å²) in [7, 11) is 0. The molecule has 1 saturated heterocycles. The molecule has 1 heterocycles. The summed E-state index contributed by atoms with van der Waals surface area (Å²) in [4.78, 5) is 25.6. The molecule has 0 spiro atoms. The quantitative estimate of drug-likeness (QED) is 0.834. The molecule has 0 radical (unpaired) electrons. The van der Waals surface area contributed by atoms with Crippen molar-refractivity contribution in [1.82, 2.24) is 4.90 Å². The van der Waals surface area contributed by atoms with Crippen LogP contribution in [-0.2, 0) is 16.0 Å². The van der Waals surface area contributed by atoms with Gasteiger partial charge in [0.15, 0.2) is 5.60 Å². The summed E-state index contributed by atoms with van der Waals surface area (Å²) < 4.78 is 0. The molecule has 1 aromatic rings. The molecule has 112 valence electrons. The molecule has 1 aliphatic carbocycles. The van der Waals surface area contributed by atoms with E-state index >= 15 is 0 Å². The Morgan fingerprint density at radius 2 is 2.10 bits per heavy atom. The molecule has 5 nitrogen and oxygen atoms in total. The van der Waals surface area contributed by atoms with Gasteiger partial charge in [0.1, 0.15) is 0 Å². The molecule has 0 saturated carbocycles. The maximum Gasteiger partial charge on any atom is 0.251 e. The molecule has 3 rings (SSSR count). The van der Waals surface area contributed by atoms with E-state index in [-0.39, 0.29) is 24.8 Å². The first-order valence-electron chi connectivity index (χ1n) is 7.40. The monoisotopic (exact) mass is 288 g/mol. The standard InChI is InChI=1S/C16H20N2O3/c17-15(20)16(21)8-9-18(10-16)14(19)13-7-3-5-11-4-1-2-6-12(11)13/h1-2,4,6,13,21H,3,5,7-10H2,(H2,17,20)/t13-,16-/m0/s1. The average Bonchev–Trinajstić information content (AvgIpc) is 2.90. The largest absolute Gasteiger partial charge is 0.378 e. The van der Waals surface area contributed by atoms with Crippen LogP contribution >= 0.6 is 0 Å². The minimum atomic E-state index is -1.57. The van der Waals surface area contributed by atoms with Crippen LogP contribution in [0.2, 0.25) is 0 Å². The first-order chi connectivity index (χ1) is 10.0. The third kappa shape index (κ3) is 2.42. The van der Waals surface area contributed by atoms with Crippen LogP contribution in [0, 0.1) is 0 Å². The van der Waals surface area contributed by atoms with Crippen molar-refractivity contribution in [3.8, 4) is 0 Å². The van der Waals surface area contributed by atoms with Gasteiger partial charge in [-0.2, -0.15) is 0 Å². The van der Waals surface area contributed by atoms with E-state index in [0.717, 1.165) is 24.8 Å². The van der Waals surface area contributed by atoms with Gasteiger partial charge in [-0.15, -0.1) is 0 Å². The fraction of sp³-hybridized carbons (Fsp3) is 0.500. The molecule has 21 heavy (non-hydrogen) atoms. The summed E-state index contributed by atoms with van der Waals surface area (Å²) >= 11 is 0. The number of fused-ring (bicyclic) bond motifs is 1. The number of hydrogen-bond donors (Lipinski definition) is 2. The van der Waals surface area contributed by atoms with E-state index in [1.807, 2.05) is 18.2 Å². The molecule has 1 aliphatic heterocycles. The van der Waals surface area contributed by atoms with Crippen LogP contribution in [0.1, 0.15) is 36.3 Å². The van der Waals surface area contributed by atoms with Crippen molar-refractivity contribution < 1.29 is 14.7 Å². The first-order valence-corrected chi connectivity index (χ1v) is 7.40. The Balaban J connectivity index is 1.80. The Hall–Kier alpha value is -1.88. The second-order valence-corrected chi connectivity index (χ2v) is 6.05. The Morgan fingerprint density at radius 1 is 1.33 bits per heavy atom. The fourth-order valence-electron chi connectivity index (χ4n) is 3.41. The summed E-state index contributed by atoms with van der Waals surface area (Å²) in [6.45, 7) is 0.400. The zero-order valence-electron chi connectivity index (χ0n) is 11.9. The van der Waals surface area contributed by atoms with Gasteiger partial charge >= 0.3 is 0 Å². The SMILES string of the molecule is NC(=O)[C@]1(O)CCN(C(=O)[C@H]2CCCc3ccccc32)C1. The Morgan fingerprint density at radius 3 is 2.81 bits per heavy atom. The van der Waals surface area contributed by atoms with E-state index in [1.165, 1.54) is 5.56 Å². The number of carbonyl (C=O) groups excluding carboxylic acids is 2. The minimum Gasteiger partial charge on any atom is -0.378 e. The number of primary amides is 1. The van der Waals surface area contributed by atoms with Gasteiger partial charge < -0.3 is 15.7 Å². The van der Waals surface area contributed by atoms with Crippen molar-refractivity contribution in [1.29, 1.82) is 0 Å². The lowest BCUT2D eigenvalue weighted by Gasteiger charge is -2.29. The van der Waals surface area contributed by atoms with Crippen molar-refractivity contribution in [2.24, 2.45) is 5.73 Å². The second-order valence-electron chi connectivity index (χ2n) is 6.05. The number of hydrogen-bond acceptors (Lipinski definition) is 3. The van der Waals surface area contributed by atoms with Gasteiger partial charge in [-0.3, -0.25) is 9.59 Å². The molecule has 1 aromatic carbocycles. The number of benzene rings is 1. The fourth-order valence-corrected chi connectivity index (χ4v) is 3.41. The third-order valence-electron chi connectivity index (χ3n) is 4.69. The number of nitrogens with two attached hydrogens (primary N) is 1. The topological polar surface area (TPSA) is 83.6 Å². The van der Waals surface area contributed by atoms with Crippen LogP contribution in [0.15, 0.2) is 24.3 Å². The summed E-state index contributed by atoms with van der Waals surface area (Å²) in [5.74, 6) is -0.911. The number of carbonyl (C=O) groups is 2. The van der Waals surface area contributed by atoms with Crippen molar-refractivity contribution in [3.05, 3.63) is 35.4 Å². The average molecular weight is 288 g/mol. The third-order valence-corrected chi connectivity index (χ3v) is 4.69. The minimum absolute atomic E-state index is 0.000625. The predicted molar refractivity (Wildman–Crippen MR) is 77.5 cm³/mol. The number of likely N-dealkylation sites (tertiary alicyclic amines) is 1. The highest BCUT2D eigenvalue weighted by atomic mass is 16.3. The van der Waals surface area contributed by atoms with Crippen LogP contribution in [0.3, 0.4) is 0 Å².